The molecule has 0 heterocycles. The molecule has 2 bridgehead atoms. The summed E-state index contributed by atoms with van der Waals surface area (Å²) >= 11 is 3.68. The molecule has 1 aromatic carbocycles. The monoisotopic (exact) mass is 321 g/mol. The summed E-state index contributed by atoms with van der Waals surface area (Å²) in [7, 11) is 0. The molecule has 1 N–H and O–H groups in total. The van der Waals surface area contributed by atoms with Crippen molar-refractivity contribution in [2.24, 2.45) is 16.7 Å². The van der Waals surface area contributed by atoms with Gasteiger partial charge in [0.25, 0.3) is 0 Å². The summed E-state index contributed by atoms with van der Waals surface area (Å²) in [4.78, 5) is 0. The fraction of sp³-hybridized carbons (Fsp3) is 0.647. The first-order valence-corrected chi connectivity index (χ1v) is 8.15. The predicted molar refractivity (Wildman–Crippen MR) is 85.5 cm³/mol. The Hall–Kier alpha value is -0.500. The zero-order valence-corrected chi connectivity index (χ0v) is 14.0. The molecule has 2 aliphatic carbocycles. The van der Waals surface area contributed by atoms with Gasteiger partial charge in [-0.3, -0.25) is 0 Å². The van der Waals surface area contributed by atoms with Crippen molar-refractivity contribution in [1.82, 2.24) is 0 Å². The van der Waals surface area contributed by atoms with Crippen LogP contribution in [0.3, 0.4) is 0 Å². The lowest BCUT2D eigenvalue weighted by Gasteiger charge is -2.43. The molecule has 2 aliphatic rings. The zero-order chi connectivity index (χ0) is 13.8. The SMILES string of the molecule is Cc1ccc(Br)c(NC2C(C)(C)[C@H]3CC[C@]2(C)C3)c1. The summed E-state index contributed by atoms with van der Waals surface area (Å²) in [5.74, 6) is 0.888. The van der Waals surface area contributed by atoms with Crippen LogP contribution in [0.4, 0.5) is 5.69 Å². The molecule has 2 saturated carbocycles. The summed E-state index contributed by atoms with van der Waals surface area (Å²) in [6.45, 7) is 9.53. The highest BCUT2D eigenvalue weighted by atomic mass is 79.9. The first-order valence-electron chi connectivity index (χ1n) is 7.36. The van der Waals surface area contributed by atoms with E-state index in [1.807, 2.05) is 0 Å². The fourth-order valence-electron chi connectivity index (χ4n) is 4.57. The fourth-order valence-corrected chi connectivity index (χ4v) is 4.93. The van der Waals surface area contributed by atoms with Gasteiger partial charge in [0.2, 0.25) is 0 Å². The van der Waals surface area contributed by atoms with Gasteiger partial charge >= 0.3 is 0 Å². The number of halogens is 1. The van der Waals surface area contributed by atoms with Crippen LogP contribution >= 0.6 is 15.9 Å². The Morgan fingerprint density at radius 1 is 1.26 bits per heavy atom. The Morgan fingerprint density at radius 2 is 2.00 bits per heavy atom. The van der Waals surface area contributed by atoms with E-state index in [2.05, 4.69) is 67.1 Å². The minimum atomic E-state index is 0.399. The minimum Gasteiger partial charge on any atom is -0.380 e. The van der Waals surface area contributed by atoms with Gasteiger partial charge in [0.1, 0.15) is 0 Å². The van der Waals surface area contributed by atoms with Crippen molar-refractivity contribution in [2.45, 2.75) is 53.0 Å². The van der Waals surface area contributed by atoms with E-state index < -0.39 is 0 Å². The van der Waals surface area contributed by atoms with Crippen LogP contribution in [-0.2, 0) is 0 Å². The summed E-state index contributed by atoms with van der Waals surface area (Å²) in [5, 5.41) is 3.87. The van der Waals surface area contributed by atoms with Crippen molar-refractivity contribution < 1.29 is 0 Å². The average Bonchev–Trinajstić information content (AvgIpc) is 2.80. The first kappa shape index (κ1) is 13.5. The smallest absolute Gasteiger partial charge is 0.0489 e. The van der Waals surface area contributed by atoms with E-state index in [9.17, 15) is 0 Å². The van der Waals surface area contributed by atoms with Gasteiger partial charge in [-0.05, 0) is 76.6 Å². The van der Waals surface area contributed by atoms with Gasteiger partial charge in [-0.2, -0.15) is 0 Å². The maximum atomic E-state index is 3.87. The first-order chi connectivity index (χ1) is 8.83. The molecule has 19 heavy (non-hydrogen) atoms. The van der Waals surface area contributed by atoms with Crippen LogP contribution in [0, 0.1) is 23.7 Å². The topological polar surface area (TPSA) is 12.0 Å². The molecular formula is C17H24BrN. The van der Waals surface area contributed by atoms with Gasteiger partial charge in [-0.15, -0.1) is 0 Å². The minimum absolute atomic E-state index is 0.399. The average molecular weight is 322 g/mol. The van der Waals surface area contributed by atoms with Gasteiger partial charge < -0.3 is 5.32 Å². The van der Waals surface area contributed by atoms with Crippen LogP contribution in [0.1, 0.15) is 45.6 Å². The number of rotatable bonds is 2. The quantitative estimate of drug-likeness (QED) is 0.770. The highest BCUT2D eigenvalue weighted by Gasteiger charge is 2.59. The number of fused-ring (bicyclic) bond motifs is 2. The molecule has 3 rings (SSSR count). The Morgan fingerprint density at radius 3 is 2.63 bits per heavy atom. The van der Waals surface area contributed by atoms with Gasteiger partial charge in [-0.1, -0.05) is 26.8 Å². The molecule has 0 aromatic heterocycles. The molecule has 0 amide bonds. The zero-order valence-electron chi connectivity index (χ0n) is 12.4. The molecule has 0 aliphatic heterocycles. The van der Waals surface area contributed by atoms with E-state index in [1.165, 1.54) is 35.0 Å². The maximum Gasteiger partial charge on any atom is 0.0489 e. The van der Waals surface area contributed by atoms with Gasteiger partial charge in [0.05, 0.1) is 0 Å². The molecule has 1 nitrogen and oxygen atoms in total. The van der Waals surface area contributed by atoms with E-state index in [-0.39, 0.29) is 0 Å². The van der Waals surface area contributed by atoms with Crippen LogP contribution in [0.2, 0.25) is 0 Å². The number of hydrogen-bond acceptors (Lipinski definition) is 1. The van der Waals surface area contributed by atoms with Crippen LogP contribution in [0.25, 0.3) is 0 Å². The molecular weight excluding hydrogens is 298 g/mol. The normalized spacial score (nSPS) is 35.6. The van der Waals surface area contributed by atoms with Crippen LogP contribution in [-0.4, -0.2) is 6.04 Å². The number of benzene rings is 1. The Balaban J connectivity index is 1.92. The molecule has 0 spiro atoms. The van der Waals surface area contributed by atoms with Crippen molar-refractivity contribution in [3.05, 3.63) is 28.2 Å². The molecule has 104 valence electrons. The van der Waals surface area contributed by atoms with Gasteiger partial charge in [-0.25, -0.2) is 0 Å². The van der Waals surface area contributed by atoms with Crippen molar-refractivity contribution in [3.63, 3.8) is 0 Å². The molecule has 2 heteroatoms. The predicted octanol–water partition coefficient (Wildman–Crippen LogP) is 5.38. The third-order valence-electron chi connectivity index (χ3n) is 5.69. The lowest BCUT2D eigenvalue weighted by molar-refractivity contribution is 0.155. The van der Waals surface area contributed by atoms with Crippen LogP contribution < -0.4 is 5.32 Å². The Labute approximate surface area is 125 Å². The lowest BCUT2D eigenvalue weighted by atomic mass is 9.68. The van der Waals surface area contributed by atoms with Crippen molar-refractivity contribution in [2.75, 3.05) is 5.32 Å². The van der Waals surface area contributed by atoms with Crippen molar-refractivity contribution >= 4 is 21.6 Å². The summed E-state index contributed by atoms with van der Waals surface area (Å²) in [6, 6.07) is 7.15. The number of hydrogen-bond donors (Lipinski definition) is 1. The van der Waals surface area contributed by atoms with Crippen LogP contribution in [0.15, 0.2) is 22.7 Å². The standard InChI is InChI=1S/C17H24BrN/c1-11-5-6-13(18)14(9-11)19-15-16(2,3)12-7-8-17(15,4)10-12/h5-6,9,12,15,19H,7-8,10H2,1-4H3/t12-,15?,17+/m0/s1. The van der Waals surface area contributed by atoms with Gasteiger partial charge in [0.15, 0.2) is 0 Å². The summed E-state index contributed by atoms with van der Waals surface area (Å²) in [5.41, 5.74) is 3.44. The molecule has 3 atom stereocenters. The Bertz CT molecular complexity index is 503. The molecule has 1 aromatic rings. The molecule has 2 fully saturated rings. The number of aryl methyl sites for hydroxylation is 1. The van der Waals surface area contributed by atoms with E-state index >= 15 is 0 Å². The summed E-state index contributed by atoms with van der Waals surface area (Å²) in [6.07, 6.45) is 4.18. The third kappa shape index (κ3) is 2.03. The van der Waals surface area contributed by atoms with E-state index in [0.717, 1.165) is 5.92 Å². The van der Waals surface area contributed by atoms with E-state index in [4.69, 9.17) is 0 Å². The lowest BCUT2D eigenvalue weighted by Crippen LogP contribution is -2.45. The second kappa shape index (κ2) is 4.25. The molecule has 1 unspecified atom stereocenters. The van der Waals surface area contributed by atoms with Gasteiger partial charge in [0, 0.05) is 16.2 Å². The Kier molecular flexibility index (Phi) is 3.01. The number of nitrogens with one attached hydrogen (secondary N) is 1. The highest BCUT2D eigenvalue weighted by molar-refractivity contribution is 9.10. The van der Waals surface area contributed by atoms with Crippen LogP contribution in [0.5, 0.6) is 0 Å². The summed E-state index contributed by atoms with van der Waals surface area (Å²) < 4.78 is 1.18. The van der Waals surface area contributed by atoms with Crippen molar-refractivity contribution in [1.29, 1.82) is 0 Å². The second-order valence-corrected chi connectivity index (χ2v) is 8.33. The van der Waals surface area contributed by atoms with E-state index in [0.29, 0.717) is 16.9 Å². The highest BCUT2D eigenvalue weighted by Crippen LogP contribution is 2.63. The maximum absolute atomic E-state index is 3.87. The third-order valence-corrected chi connectivity index (χ3v) is 6.38. The molecule has 0 radical (unpaired) electrons. The second-order valence-electron chi connectivity index (χ2n) is 7.48. The van der Waals surface area contributed by atoms with Crippen molar-refractivity contribution in [3.8, 4) is 0 Å². The van der Waals surface area contributed by atoms with E-state index in [1.54, 1.807) is 0 Å². The largest absolute Gasteiger partial charge is 0.380 e. The molecule has 0 saturated heterocycles. The number of anilines is 1.